The summed E-state index contributed by atoms with van der Waals surface area (Å²) >= 11 is 0. The smallest absolute Gasteiger partial charge is 0.325 e. The monoisotopic (exact) mass is 368 g/mol. The van der Waals surface area contributed by atoms with Crippen LogP contribution >= 0.6 is 0 Å². The summed E-state index contributed by atoms with van der Waals surface area (Å²) in [6.45, 7) is 5.68. The van der Waals surface area contributed by atoms with E-state index in [1.54, 1.807) is 11.6 Å². The van der Waals surface area contributed by atoms with Crippen LogP contribution in [0.25, 0.3) is 5.69 Å². The highest BCUT2D eigenvalue weighted by Crippen LogP contribution is 2.23. The molecule has 0 aliphatic rings. The maximum absolute atomic E-state index is 12.4. The zero-order chi connectivity index (χ0) is 19.6. The van der Waals surface area contributed by atoms with Crippen molar-refractivity contribution in [1.29, 1.82) is 0 Å². The zero-order valence-electron chi connectivity index (χ0n) is 15.2. The number of carbonyl (C=O) groups excluding carboxylic acids is 1. The third kappa shape index (κ3) is 4.02. The second kappa shape index (κ2) is 7.40. The highest BCUT2D eigenvalue weighted by Gasteiger charge is 2.18. The summed E-state index contributed by atoms with van der Waals surface area (Å²) in [6, 6.07) is 9.35. The molecule has 0 spiro atoms. The molecule has 3 aromatic rings. The van der Waals surface area contributed by atoms with E-state index >= 15 is 0 Å². The van der Waals surface area contributed by atoms with Gasteiger partial charge in [0.25, 0.3) is 5.91 Å². The van der Waals surface area contributed by atoms with Gasteiger partial charge in [-0.15, -0.1) is 5.10 Å². The molecule has 9 heteroatoms. The number of carbonyl (C=O) groups is 2. The van der Waals surface area contributed by atoms with Crippen LogP contribution in [0, 0.1) is 6.92 Å². The molecule has 27 heavy (non-hydrogen) atoms. The molecular formula is C18H20N6O3. The molecule has 0 fully saturated rings. The fourth-order valence-electron chi connectivity index (χ4n) is 2.71. The van der Waals surface area contributed by atoms with Gasteiger partial charge in [-0.1, -0.05) is 32.0 Å². The van der Waals surface area contributed by atoms with E-state index in [-0.39, 0.29) is 18.2 Å². The number of anilines is 1. The molecule has 3 rings (SSSR count). The Labute approximate surface area is 155 Å². The lowest BCUT2D eigenvalue weighted by Gasteiger charge is -2.12. The van der Waals surface area contributed by atoms with Crippen LogP contribution in [0.15, 0.2) is 36.5 Å². The minimum absolute atomic E-state index is 0.0128. The summed E-state index contributed by atoms with van der Waals surface area (Å²) in [5.74, 6) is -0.406. The number of benzene rings is 1. The summed E-state index contributed by atoms with van der Waals surface area (Å²) in [5.41, 5.74) is 1.98. The molecule has 1 aromatic carbocycles. The van der Waals surface area contributed by atoms with Crippen LogP contribution in [0.3, 0.4) is 0 Å². The third-order valence-electron chi connectivity index (χ3n) is 3.94. The number of carboxylic acid groups (broad SMARTS) is 1. The Morgan fingerprint density at radius 3 is 2.63 bits per heavy atom. The molecule has 1 amide bonds. The Morgan fingerprint density at radius 2 is 1.93 bits per heavy atom. The van der Waals surface area contributed by atoms with Gasteiger partial charge in [0.15, 0.2) is 5.82 Å². The molecule has 0 radical (unpaired) electrons. The summed E-state index contributed by atoms with van der Waals surface area (Å²) in [6.07, 6.45) is 1.47. The van der Waals surface area contributed by atoms with Crippen molar-refractivity contribution in [2.45, 2.75) is 33.2 Å². The van der Waals surface area contributed by atoms with Gasteiger partial charge in [-0.25, -0.2) is 9.67 Å². The molecular weight excluding hydrogens is 348 g/mol. The summed E-state index contributed by atoms with van der Waals surface area (Å²) in [4.78, 5) is 27.4. The second-order valence-electron chi connectivity index (χ2n) is 6.35. The van der Waals surface area contributed by atoms with Crippen LogP contribution in [-0.2, 0) is 11.3 Å². The standard InChI is InChI=1S/C18H20N6O3/c1-11(2)13-6-4-5-7-14(13)24-12(3)19-17(22-24)18(27)20-15-8-9-23(21-15)10-16(25)26/h4-9,11H,10H2,1-3H3,(H,25,26)(H,20,21,27). The number of rotatable bonds is 6. The number of hydrogen-bond donors (Lipinski definition) is 2. The topological polar surface area (TPSA) is 115 Å². The number of aromatic nitrogens is 5. The first-order chi connectivity index (χ1) is 12.8. The SMILES string of the molecule is Cc1nc(C(=O)Nc2ccn(CC(=O)O)n2)nn1-c1ccccc1C(C)C. The predicted octanol–water partition coefficient (Wildman–Crippen LogP) is 2.23. The Morgan fingerprint density at radius 1 is 1.19 bits per heavy atom. The molecule has 140 valence electrons. The number of para-hydroxylation sites is 1. The lowest BCUT2D eigenvalue weighted by atomic mass is 10.0. The van der Waals surface area contributed by atoms with Crippen molar-refractivity contribution in [3.63, 3.8) is 0 Å². The molecule has 2 N–H and O–H groups in total. The van der Waals surface area contributed by atoms with Gasteiger partial charge in [-0.3, -0.25) is 14.3 Å². The van der Waals surface area contributed by atoms with Crippen molar-refractivity contribution in [2.75, 3.05) is 5.32 Å². The van der Waals surface area contributed by atoms with Gasteiger partial charge in [-0.05, 0) is 24.5 Å². The predicted molar refractivity (Wildman–Crippen MR) is 98.0 cm³/mol. The average Bonchev–Trinajstić information content (AvgIpc) is 3.20. The molecule has 2 heterocycles. The quantitative estimate of drug-likeness (QED) is 0.689. The molecule has 0 saturated heterocycles. The van der Waals surface area contributed by atoms with Gasteiger partial charge in [0.1, 0.15) is 12.4 Å². The van der Waals surface area contributed by atoms with Crippen LogP contribution in [0.1, 0.15) is 41.8 Å². The number of aliphatic carboxylic acids is 1. The van der Waals surface area contributed by atoms with Gasteiger partial charge < -0.3 is 10.4 Å². The highest BCUT2D eigenvalue weighted by atomic mass is 16.4. The number of nitrogens with one attached hydrogen (secondary N) is 1. The molecule has 0 unspecified atom stereocenters. The van der Waals surface area contributed by atoms with Crippen molar-refractivity contribution in [3.05, 3.63) is 53.7 Å². The van der Waals surface area contributed by atoms with Crippen molar-refractivity contribution in [3.8, 4) is 5.69 Å². The first-order valence-corrected chi connectivity index (χ1v) is 8.44. The van der Waals surface area contributed by atoms with E-state index in [0.717, 1.165) is 11.3 Å². The summed E-state index contributed by atoms with van der Waals surface area (Å²) in [7, 11) is 0. The largest absolute Gasteiger partial charge is 0.480 e. The first kappa shape index (κ1) is 18.3. The van der Waals surface area contributed by atoms with Crippen molar-refractivity contribution < 1.29 is 14.7 Å². The van der Waals surface area contributed by atoms with Crippen molar-refractivity contribution in [1.82, 2.24) is 24.5 Å². The Balaban J connectivity index is 1.83. The van der Waals surface area contributed by atoms with Crippen LogP contribution < -0.4 is 5.32 Å². The van der Waals surface area contributed by atoms with Gasteiger partial charge in [0.2, 0.25) is 5.82 Å². The number of amides is 1. The molecule has 0 saturated carbocycles. The molecule has 9 nitrogen and oxygen atoms in total. The van der Waals surface area contributed by atoms with E-state index < -0.39 is 11.9 Å². The highest BCUT2D eigenvalue weighted by molar-refractivity contribution is 6.00. The van der Waals surface area contributed by atoms with E-state index in [9.17, 15) is 9.59 Å². The van der Waals surface area contributed by atoms with Gasteiger partial charge >= 0.3 is 5.97 Å². The van der Waals surface area contributed by atoms with E-state index in [2.05, 4.69) is 34.3 Å². The normalized spacial score (nSPS) is 11.0. The maximum Gasteiger partial charge on any atom is 0.325 e. The summed E-state index contributed by atoms with van der Waals surface area (Å²) in [5, 5.41) is 19.7. The fraction of sp³-hybridized carbons (Fsp3) is 0.278. The second-order valence-corrected chi connectivity index (χ2v) is 6.35. The maximum atomic E-state index is 12.4. The van der Waals surface area contributed by atoms with E-state index in [0.29, 0.717) is 11.7 Å². The molecule has 0 bridgehead atoms. The lowest BCUT2D eigenvalue weighted by molar-refractivity contribution is -0.137. The van der Waals surface area contributed by atoms with Crippen LogP contribution in [0.2, 0.25) is 0 Å². The molecule has 0 atom stereocenters. The van der Waals surface area contributed by atoms with E-state index in [4.69, 9.17) is 5.11 Å². The van der Waals surface area contributed by atoms with Gasteiger partial charge in [0.05, 0.1) is 5.69 Å². The van der Waals surface area contributed by atoms with Gasteiger partial charge in [-0.2, -0.15) is 5.10 Å². The number of aryl methyl sites for hydroxylation is 1. The van der Waals surface area contributed by atoms with Crippen molar-refractivity contribution in [2.24, 2.45) is 0 Å². The zero-order valence-corrected chi connectivity index (χ0v) is 15.2. The lowest BCUT2D eigenvalue weighted by Crippen LogP contribution is -2.16. The van der Waals surface area contributed by atoms with Crippen LogP contribution in [0.5, 0.6) is 0 Å². The van der Waals surface area contributed by atoms with Crippen molar-refractivity contribution >= 4 is 17.7 Å². The summed E-state index contributed by atoms with van der Waals surface area (Å²) < 4.78 is 2.86. The molecule has 2 aromatic heterocycles. The van der Waals surface area contributed by atoms with E-state index in [1.165, 1.54) is 16.9 Å². The molecule has 0 aliphatic heterocycles. The van der Waals surface area contributed by atoms with Gasteiger partial charge in [0, 0.05) is 12.3 Å². The number of hydrogen-bond acceptors (Lipinski definition) is 5. The first-order valence-electron chi connectivity index (χ1n) is 8.44. The number of carboxylic acids is 1. The minimum Gasteiger partial charge on any atom is -0.480 e. The number of nitrogens with zero attached hydrogens (tertiary/aromatic N) is 5. The van der Waals surface area contributed by atoms with E-state index in [1.807, 2.05) is 24.3 Å². The Hall–Kier alpha value is -3.49. The minimum atomic E-state index is -1.02. The van der Waals surface area contributed by atoms with Crippen LogP contribution in [-0.4, -0.2) is 41.5 Å². The average molecular weight is 368 g/mol. The Kier molecular flexibility index (Phi) is 5.02. The Bertz CT molecular complexity index is 989. The molecule has 0 aliphatic carbocycles. The third-order valence-corrected chi connectivity index (χ3v) is 3.94. The fourth-order valence-corrected chi connectivity index (χ4v) is 2.71. The van der Waals surface area contributed by atoms with Crippen LogP contribution in [0.4, 0.5) is 5.82 Å².